The predicted molar refractivity (Wildman–Crippen MR) is 100 cm³/mol. The molecule has 1 saturated heterocycles. The molecule has 1 atom stereocenters. The van der Waals surface area contributed by atoms with Gasteiger partial charge in [0.1, 0.15) is 11.3 Å². The second-order valence-electron chi connectivity index (χ2n) is 6.78. The Morgan fingerprint density at radius 1 is 1.26 bits per heavy atom. The van der Waals surface area contributed by atoms with E-state index in [9.17, 15) is 9.18 Å². The highest BCUT2D eigenvalue weighted by atomic mass is 19.1. The molecule has 3 aromatic rings. The van der Waals surface area contributed by atoms with Crippen molar-refractivity contribution in [2.24, 2.45) is 0 Å². The molecule has 1 N–H and O–H groups in total. The van der Waals surface area contributed by atoms with Crippen molar-refractivity contribution in [3.8, 4) is 0 Å². The lowest BCUT2D eigenvalue weighted by Crippen LogP contribution is -2.45. The van der Waals surface area contributed by atoms with Crippen molar-refractivity contribution in [2.75, 3.05) is 25.0 Å². The smallest absolute Gasteiger partial charge is 0.295 e. The van der Waals surface area contributed by atoms with E-state index < -0.39 is 0 Å². The van der Waals surface area contributed by atoms with Gasteiger partial charge in [-0.3, -0.25) is 9.69 Å². The topological polar surface area (TPSA) is 76.2 Å². The number of nitrogens with zero attached hydrogens (tertiary/aromatic N) is 4. The highest BCUT2D eigenvalue weighted by Crippen LogP contribution is 2.21. The first-order chi connectivity index (χ1) is 13.2. The number of benzene rings is 1. The van der Waals surface area contributed by atoms with Crippen LogP contribution in [0.15, 0.2) is 45.7 Å². The number of aromatic nitrogens is 3. The first-order valence-electron chi connectivity index (χ1n) is 9.25. The summed E-state index contributed by atoms with van der Waals surface area (Å²) >= 11 is 0. The van der Waals surface area contributed by atoms with E-state index in [0.717, 1.165) is 25.9 Å². The number of oxazole rings is 1. The highest BCUT2D eigenvalue weighted by molar-refractivity contribution is 5.74. The van der Waals surface area contributed by atoms with Crippen LogP contribution in [0.1, 0.15) is 19.3 Å². The molecular weight excluding hydrogens is 349 g/mol. The molecule has 1 fully saturated rings. The molecule has 7 nitrogen and oxygen atoms in total. The van der Waals surface area contributed by atoms with Crippen molar-refractivity contribution >= 4 is 17.1 Å². The largest absolute Gasteiger partial charge is 0.424 e. The maximum atomic E-state index is 13.3. The summed E-state index contributed by atoms with van der Waals surface area (Å²) in [6, 6.07) is 8.21. The predicted octanol–water partition coefficient (Wildman–Crippen LogP) is 2.49. The van der Waals surface area contributed by atoms with Gasteiger partial charge in [0, 0.05) is 37.5 Å². The summed E-state index contributed by atoms with van der Waals surface area (Å²) < 4.78 is 20.4. The van der Waals surface area contributed by atoms with Crippen LogP contribution in [0, 0.1) is 5.82 Å². The number of hydrogen-bond donors (Lipinski definition) is 1. The van der Waals surface area contributed by atoms with Crippen molar-refractivity contribution in [2.45, 2.75) is 31.8 Å². The molecular formula is C19H22FN5O2. The second-order valence-corrected chi connectivity index (χ2v) is 6.78. The van der Waals surface area contributed by atoms with Crippen LogP contribution in [0.2, 0.25) is 0 Å². The molecule has 1 aliphatic heterocycles. The zero-order chi connectivity index (χ0) is 18.6. The monoisotopic (exact) mass is 371 g/mol. The number of anilines is 1. The first-order valence-corrected chi connectivity index (χ1v) is 9.25. The lowest BCUT2D eigenvalue weighted by atomic mass is 10.0. The second kappa shape index (κ2) is 7.87. The van der Waals surface area contributed by atoms with Crippen molar-refractivity contribution in [1.29, 1.82) is 0 Å². The van der Waals surface area contributed by atoms with Crippen LogP contribution in [-0.4, -0.2) is 45.3 Å². The van der Waals surface area contributed by atoms with Crippen LogP contribution in [-0.2, 0) is 6.54 Å². The first kappa shape index (κ1) is 17.7. The van der Waals surface area contributed by atoms with Gasteiger partial charge in [-0.2, -0.15) is 10.1 Å². The Morgan fingerprint density at radius 2 is 2.19 bits per heavy atom. The number of halogens is 1. The van der Waals surface area contributed by atoms with E-state index in [-0.39, 0.29) is 11.4 Å². The number of hydrogen-bond acceptors (Lipinski definition) is 6. The van der Waals surface area contributed by atoms with Gasteiger partial charge in [0.25, 0.3) is 11.6 Å². The number of likely N-dealkylation sites (tertiary alicyclic amines) is 1. The highest BCUT2D eigenvalue weighted by Gasteiger charge is 2.22. The molecule has 1 unspecified atom stereocenters. The van der Waals surface area contributed by atoms with Crippen LogP contribution < -0.4 is 10.9 Å². The Kier molecular flexibility index (Phi) is 5.15. The molecule has 0 saturated carbocycles. The van der Waals surface area contributed by atoms with Gasteiger partial charge in [0.05, 0.1) is 6.54 Å². The van der Waals surface area contributed by atoms with Gasteiger partial charge in [-0.15, -0.1) is 0 Å². The molecule has 0 radical (unpaired) electrons. The van der Waals surface area contributed by atoms with E-state index in [1.54, 1.807) is 18.3 Å². The number of nitrogens with one attached hydrogen (secondary N) is 1. The minimum absolute atomic E-state index is 0.0807. The van der Waals surface area contributed by atoms with Gasteiger partial charge in [0.2, 0.25) is 0 Å². The fraction of sp³-hybridized carbons (Fsp3) is 0.421. The molecule has 2 aromatic heterocycles. The van der Waals surface area contributed by atoms with E-state index in [0.29, 0.717) is 36.2 Å². The van der Waals surface area contributed by atoms with E-state index in [1.165, 1.54) is 29.3 Å². The van der Waals surface area contributed by atoms with Gasteiger partial charge in [-0.25, -0.2) is 9.07 Å². The van der Waals surface area contributed by atoms with Gasteiger partial charge in [-0.1, -0.05) is 6.42 Å². The molecule has 8 heteroatoms. The van der Waals surface area contributed by atoms with Crippen LogP contribution in [0.4, 0.5) is 10.4 Å². The average Bonchev–Trinajstić information content (AvgIpc) is 3.08. The van der Waals surface area contributed by atoms with Crippen molar-refractivity contribution in [3.05, 3.63) is 52.7 Å². The molecule has 1 aliphatic rings. The summed E-state index contributed by atoms with van der Waals surface area (Å²) in [5, 5.41) is 7.36. The van der Waals surface area contributed by atoms with Crippen molar-refractivity contribution in [3.63, 3.8) is 0 Å². The van der Waals surface area contributed by atoms with E-state index in [4.69, 9.17) is 4.42 Å². The van der Waals surface area contributed by atoms with Crippen LogP contribution in [0.5, 0.6) is 0 Å². The van der Waals surface area contributed by atoms with Crippen LogP contribution >= 0.6 is 0 Å². The lowest BCUT2D eigenvalue weighted by Gasteiger charge is -2.35. The van der Waals surface area contributed by atoms with Crippen molar-refractivity contribution in [1.82, 2.24) is 19.7 Å². The Balaban J connectivity index is 1.38. The minimum Gasteiger partial charge on any atom is -0.424 e. The molecule has 0 bridgehead atoms. The number of piperidine rings is 1. The van der Waals surface area contributed by atoms with E-state index in [2.05, 4.69) is 20.3 Å². The number of rotatable bonds is 6. The molecule has 3 heterocycles. The third kappa shape index (κ3) is 4.16. The van der Waals surface area contributed by atoms with Crippen molar-refractivity contribution < 1.29 is 8.81 Å². The third-order valence-electron chi connectivity index (χ3n) is 4.97. The lowest BCUT2D eigenvalue weighted by molar-refractivity contribution is 0.147. The zero-order valence-corrected chi connectivity index (χ0v) is 15.0. The summed E-state index contributed by atoms with van der Waals surface area (Å²) in [4.78, 5) is 18.5. The summed E-state index contributed by atoms with van der Waals surface area (Å²) in [6.07, 6.45) is 5.02. The van der Waals surface area contributed by atoms with Gasteiger partial charge < -0.3 is 9.73 Å². The third-order valence-corrected chi connectivity index (χ3v) is 4.97. The van der Waals surface area contributed by atoms with Crippen LogP contribution in [0.3, 0.4) is 0 Å². The Bertz CT molecular complexity index is 970. The summed E-state index contributed by atoms with van der Waals surface area (Å²) in [5.74, 6) is -0.328. The fourth-order valence-corrected chi connectivity index (χ4v) is 3.55. The van der Waals surface area contributed by atoms with E-state index in [1.807, 2.05) is 0 Å². The van der Waals surface area contributed by atoms with Gasteiger partial charge in [-0.05, 0) is 37.6 Å². The normalized spacial score (nSPS) is 18.0. The Labute approximate surface area is 155 Å². The fourth-order valence-electron chi connectivity index (χ4n) is 3.55. The summed E-state index contributed by atoms with van der Waals surface area (Å²) in [7, 11) is 0. The minimum atomic E-state index is -0.328. The molecule has 0 amide bonds. The molecule has 27 heavy (non-hydrogen) atoms. The van der Waals surface area contributed by atoms with Gasteiger partial charge in [0.15, 0.2) is 5.58 Å². The van der Waals surface area contributed by atoms with Gasteiger partial charge >= 0.3 is 0 Å². The van der Waals surface area contributed by atoms with Crippen LogP contribution in [0.25, 0.3) is 11.1 Å². The number of fused-ring (bicyclic) bond motifs is 1. The SMILES string of the molecule is O=c1cccnn1CCN1CCCCC1CNc1nc2cc(F)ccc2o1. The molecule has 1 aromatic carbocycles. The molecule has 4 rings (SSSR count). The molecule has 0 spiro atoms. The average molecular weight is 371 g/mol. The maximum Gasteiger partial charge on any atom is 0.295 e. The quantitative estimate of drug-likeness (QED) is 0.717. The summed E-state index contributed by atoms with van der Waals surface area (Å²) in [5.41, 5.74) is 0.990. The zero-order valence-electron chi connectivity index (χ0n) is 15.0. The standard InChI is InChI=1S/C19H22FN5O2/c20-14-6-7-17-16(12-14)23-19(27-17)21-13-15-4-1-2-9-24(15)10-11-25-18(26)5-3-8-22-25/h3,5-8,12,15H,1-2,4,9-11,13H2,(H,21,23). The molecule has 142 valence electrons. The Morgan fingerprint density at radius 3 is 3.07 bits per heavy atom. The maximum absolute atomic E-state index is 13.3. The summed E-state index contributed by atoms with van der Waals surface area (Å²) in [6.45, 7) is 3.01. The van der Waals surface area contributed by atoms with E-state index >= 15 is 0 Å². The Hall–Kier alpha value is -2.74. The molecule has 0 aliphatic carbocycles.